The molecular formula is C25H26ClN3O6. The van der Waals surface area contributed by atoms with E-state index in [0.717, 1.165) is 30.7 Å². The molecule has 9 nitrogen and oxygen atoms in total. The summed E-state index contributed by atoms with van der Waals surface area (Å²) in [6.07, 6.45) is 1.79. The van der Waals surface area contributed by atoms with Crippen LogP contribution in [0.3, 0.4) is 0 Å². The van der Waals surface area contributed by atoms with Crippen LogP contribution in [0.25, 0.3) is 10.9 Å². The van der Waals surface area contributed by atoms with Crippen LogP contribution >= 0.6 is 11.6 Å². The Morgan fingerprint density at radius 1 is 1.17 bits per heavy atom. The van der Waals surface area contributed by atoms with Gasteiger partial charge in [0, 0.05) is 36.8 Å². The van der Waals surface area contributed by atoms with E-state index in [1.54, 1.807) is 36.4 Å². The van der Waals surface area contributed by atoms with Crippen molar-refractivity contribution in [3.8, 4) is 5.75 Å². The number of nitrogens with zero attached hydrogens (tertiary/aromatic N) is 3. The average molecular weight is 500 g/mol. The van der Waals surface area contributed by atoms with Gasteiger partial charge in [-0.3, -0.25) is 14.4 Å². The summed E-state index contributed by atoms with van der Waals surface area (Å²) in [7, 11) is 0. The fraction of sp³-hybridized carbons (Fsp3) is 0.400. The minimum Gasteiger partial charge on any atom is -0.493 e. The second kappa shape index (κ2) is 11.4. The second-order valence-corrected chi connectivity index (χ2v) is 9.06. The Balaban J connectivity index is 1.35. The Morgan fingerprint density at radius 3 is 2.63 bits per heavy atom. The number of Topliss-reactive ketones (excluding diaryl/α,β-unsaturated/α-hetero) is 1. The summed E-state index contributed by atoms with van der Waals surface area (Å²) >= 11 is 5.97. The van der Waals surface area contributed by atoms with Crippen LogP contribution < -0.4 is 10.3 Å². The number of aliphatic carboxylic acids is 1. The molecule has 1 fully saturated rings. The van der Waals surface area contributed by atoms with Crippen molar-refractivity contribution in [2.45, 2.75) is 32.2 Å². The Hall–Kier alpha value is -3.30. The highest BCUT2D eigenvalue weighted by atomic mass is 35.5. The molecule has 4 rings (SSSR count). The van der Waals surface area contributed by atoms with E-state index in [1.165, 1.54) is 6.07 Å². The number of aromatic nitrogens is 3. The number of carbonyl (C=O) groups excluding carboxylic acids is 1. The molecule has 3 aromatic rings. The van der Waals surface area contributed by atoms with Crippen LogP contribution in [0.15, 0.2) is 47.3 Å². The van der Waals surface area contributed by atoms with E-state index in [-0.39, 0.29) is 25.2 Å². The van der Waals surface area contributed by atoms with Crippen LogP contribution in [0.4, 0.5) is 0 Å². The van der Waals surface area contributed by atoms with Gasteiger partial charge in [0.1, 0.15) is 11.3 Å². The number of hydrogen-bond donors (Lipinski definition) is 1. The van der Waals surface area contributed by atoms with Crippen LogP contribution in [0.2, 0.25) is 5.02 Å². The number of halogens is 1. The molecule has 2 heterocycles. The fourth-order valence-electron chi connectivity index (χ4n) is 3.99. The third-order valence-corrected chi connectivity index (χ3v) is 6.39. The van der Waals surface area contributed by atoms with Crippen molar-refractivity contribution >= 4 is 34.3 Å². The molecule has 1 aliphatic heterocycles. The van der Waals surface area contributed by atoms with Crippen LogP contribution in [-0.2, 0) is 16.1 Å². The van der Waals surface area contributed by atoms with Crippen LogP contribution in [0.5, 0.6) is 5.75 Å². The van der Waals surface area contributed by atoms with Gasteiger partial charge in [0.25, 0.3) is 5.56 Å². The Kier molecular flexibility index (Phi) is 8.09. The van der Waals surface area contributed by atoms with Crippen LogP contribution in [0, 0.1) is 11.8 Å². The van der Waals surface area contributed by atoms with E-state index in [0.29, 0.717) is 39.8 Å². The molecule has 1 N–H and O–H groups in total. The molecule has 0 radical (unpaired) electrons. The summed E-state index contributed by atoms with van der Waals surface area (Å²) in [6.45, 7) is 2.11. The first kappa shape index (κ1) is 24.8. The Morgan fingerprint density at radius 2 is 1.91 bits per heavy atom. The molecule has 0 bridgehead atoms. The van der Waals surface area contributed by atoms with E-state index in [1.807, 2.05) is 0 Å². The summed E-state index contributed by atoms with van der Waals surface area (Å²) < 4.78 is 12.3. The normalized spacial score (nSPS) is 15.1. The van der Waals surface area contributed by atoms with E-state index in [4.69, 9.17) is 21.1 Å². The van der Waals surface area contributed by atoms with Crippen molar-refractivity contribution < 1.29 is 24.2 Å². The molecule has 0 spiro atoms. The third-order valence-electron chi connectivity index (χ3n) is 6.16. The van der Waals surface area contributed by atoms with Crippen molar-refractivity contribution in [3.63, 3.8) is 0 Å². The number of fused-ring (bicyclic) bond motifs is 1. The number of carboxylic acids is 1. The quantitative estimate of drug-likeness (QED) is 0.420. The number of ether oxygens (including phenoxy) is 2. The lowest BCUT2D eigenvalue weighted by Crippen LogP contribution is -2.27. The summed E-state index contributed by atoms with van der Waals surface area (Å²) in [5.74, 6) is -1.26. The molecule has 1 atom stereocenters. The van der Waals surface area contributed by atoms with Gasteiger partial charge in [0.05, 0.1) is 17.9 Å². The van der Waals surface area contributed by atoms with Gasteiger partial charge in [0.2, 0.25) is 0 Å². The van der Waals surface area contributed by atoms with Gasteiger partial charge in [-0.1, -0.05) is 16.8 Å². The zero-order chi connectivity index (χ0) is 24.8. The maximum Gasteiger partial charge on any atom is 0.307 e. The van der Waals surface area contributed by atoms with Gasteiger partial charge >= 0.3 is 5.97 Å². The van der Waals surface area contributed by atoms with Crippen molar-refractivity contribution in [2.24, 2.45) is 11.8 Å². The van der Waals surface area contributed by atoms with Gasteiger partial charge in [-0.25, -0.2) is 4.68 Å². The van der Waals surface area contributed by atoms with Gasteiger partial charge < -0.3 is 14.6 Å². The van der Waals surface area contributed by atoms with Crippen LogP contribution in [0.1, 0.15) is 36.0 Å². The Labute approximate surface area is 206 Å². The predicted molar refractivity (Wildman–Crippen MR) is 129 cm³/mol. The SMILES string of the molecule is O=C(CC(CCn1nnc2ccc(Cl)cc2c1=O)C(=O)O)c1ccc(OCC2CCOCC2)cc1. The van der Waals surface area contributed by atoms with Gasteiger partial charge in [-0.2, -0.15) is 0 Å². The van der Waals surface area contributed by atoms with E-state index in [2.05, 4.69) is 10.3 Å². The Bertz CT molecular complexity index is 1250. The van der Waals surface area contributed by atoms with Crippen molar-refractivity contribution in [1.82, 2.24) is 15.0 Å². The number of rotatable bonds is 10. The number of benzene rings is 2. The minimum absolute atomic E-state index is 0.0114. The zero-order valence-electron chi connectivity index (χ0n) is 19.1. The van der Waals surface area contributed by atoms with Crippen LogP contribution in [-0.4, -0.2) is 51.7 Å². The largest absolute Gasteiger partial charge is 0.493 e. The van der Waals surface area contributed by atoms with Crippen molar-refractivity contribution in [3.05, 3.63) is 63.4 Å². The predicted octanol–water partition coefficient (Wildman–Crippen LogP) is 3.61. The number of carboxylic acid groups (broad SMARTS) is 1. The minimum atomic E-state index is -1.11. The molecule has 10 heteroatoms. The maximum absolute atomic E-state index is 12.7. The van der Waals surface area contributed by atoms with E-state index in [9.17, 15) is 19.5 Å². The molecule has 184 valence electrons. The third kappa shape index (κ3) is 6.43. The standard InChI is InChI=1S/C25H26ClN3O6/c26-19-3-6-22-21(14-19)24(31)29(28-27-22)10-7-18(25(32)33)13-23(30)17-1-4-20(5-2-17)35-15-16-8-11-34-12-9-16/h1-6,14,16,18H,7-13,15H2,(H,32,33). The monoisotopic (exact) mass is 499 g/mol. The van der Waals surface area contributed by atoms with Crippen molar-refractivity contribution in [1.29, 1.82) is 0 Å². The first-order valence-corrected chi connectivity index (χ1v) is 11.9. The van der Waals surface area contributed by atoms with Gasteiger partial charge in [-0.05, 0) is 67.6 Å². The lowest BCUT2D eigenvalue weighted by molar-refractivity contribution is -0.142. The molecule has 0 aliphatic carbocycles. The van der Waals surface area contributed by atoms with Gasteiger partial charge in [-0.15, -0.1) is 5.10 Å². The molecule has 1 aromatic heterocycles. The highest BCUT2D eigenvalue weighted by molar-refractivity contribution is 6.31. The maximum atomic E-state index is 12.7. The topological polar surface area (TPSA) is 121 Å². The molecule has 35 heavy (non-hydrogen) atoms. The highest BCUT2D eigenvalue weighted by Crippen LogP contribution is 2.21. The first-order valence-electron chi connectivity index (χ1n) is 11.5. The van der Waals surface area contributed by atoms with Gasteiger partial charge in [0.15, 0.2) is 5.78 Å². The summed E-state index contributed by atoms with van der Waals surface area (Å²) in [6, 6.07) is 11.4. The lowest BCUT2D eigenvalue weighted by Gasteiger charge is -2.22. The lowest BCUT2D eigenvalue weighted by atomic mass is 9.95. The fourth-order valence-corrected chi connectivity index (χ4v) is 4.16. The first-order chi connectivity index (χ1) is 16.9. The molecular weight excluding hydrogens is 474 g/mol. The average Bonchev–Trinajstić information content (AvgIpc) is 2.87. The molecule has 0 saturated carbocycles. The smallest absolute Gasteiger partial charge is 0.307 e. The summed E-state index contributed by atoms with van der Waals surface area (Å²) in [5.41, 5.74) is 0.400. The molecule has 0 amide bonds. The number of ketones is 1. The zero-order valence-corrected chi connectivity index (χ0v) is 19.8. The second-order valence-electron chi connectivity index (χ2n) is 8.62. The van der Waals surface area contributed by atoms with E-state index >= 15 is 0 Å². The van der Waals surface area contributed by atoms with Crippen molar-refractivity contribution in [2.75, 3.05) is 19.8 Å². The molecule has 1 unspecified atom stereocenters. The number of hydrogen-bond acceptors (Lipinski definition) is 7. The van der Waals surface area contributed by atoms with E-state index < -0.39 is 17.4 Å². The molecule has 2 aromatic carbocycles. The number of aryl methyl sites for hydroxylation is 1. The molecule has 1 saturated heterocycles. The summed E-state index contributed by atoms with van der Waals surface area (Å²) in [5, 5.41) is 18.2. The number of carbonyl (C=O) groups is 2. The highest BCUT2D eigenvalue weighted by Gasteiger charge is 2.23. The summed E-state index contributed by atoms with van der Waals surface area (Å²) in [4.78, 5) is 37.2. The molecule has 1 aliphatic rings.